The quantitative estimate of drug-likeness (QED) is 0.789. The minimum absolute atomic E-state index is 0.0842. The maximum absolute atomic E-state index is 12.4. The van der Waals surface area contributed by atoms with E-state index in [4.69, 9.17) is 0 Å². The summed E-state index contributed by atoms with van der Waals surface area (Å²) in [6.07, 6.45) is 5.90. The van der Waals surface area contributed by atoms with Crippen LogP contribution in [0.4, 0.5) is 0 Å². The van der Waals surface area contributed by atoms with Crippen LogP contribution in [0, 0.1) is 5.92 Å². The fourth-order valence-corrected chi connectivity index (χ4v) is 2.66. The van der Waals surface area contributed by atoms with Gasteiger partial charge < -0.3 is 10.2 Å². The Kier molecular flexibility index (Phi) is 3.85. The summed E-state index contributed by atoms with van der Waals surface area (Å²) in [7, 11) is 0. The maximum atomic E-state index is 12.4. The molecule has 0 spiro atoms. The highest BCUT2D eigenvalue weighted by molar-refractivity contribution is 5.83. The molecular formula is C13H24N2O. The van der Waals surface area contributed by atoms with Crippen molar-refractivity contribution in [1.82, 2.24) is 10.2 Å². The smallest absolute Gasteiger partial charge is 0.240 e. The van der Waals surface area contributed by atoms with Crippen LogP contribution in [0.15, 0.2) is 0 Å². The summed E-state index contributed by atoms with van der Waals surface area (Å²) in [6, 6.07) is 0.643. The van der Waals surface area contributed by atoms with Gasteiger partial charge in [-0.3, -0.25) is 4.79 Å². The van der Waals surface area contributed by atoms with Crippen LogP contribution in [0.2, 0.25) is 0 Å². The van der Waals surface area contributed by atoms with Crippen molar-refractivity contribution in [2.45, 2.75) is 58.0 Å². The van der Waals surface area contributed by atoms with Crippen LogP contribution in [-0.2, 0) is 4.79 Å². The van der Waals surface area contributed by atoms with Crippen molar-refractivity contribution in [2.75, 3.05) is 13.1 Å². The third-order valence-electron chi connectivity index (χ3n) is 3.77. The van der Waals surface area contributed by atoms with Gasteiger partial charge in [0.15, 0.2) is 0 Å². The predicted octanol–water partition coefficient (Wildman–Crippen LogP) is 1.78. The van der Waals surface area contributed by atoms with Crippen LogP contribution >= 0.6 is 0 Å². The molecule has 0 aromatic heterocycles. The highest BCUT2D eigenvalue weighted by atomic mass is 16.2. The summed E-state index contributed by atoms with van der Waals surface area (Å²) < 4.78 is 0. The second-order valence-electron chi connectivity index (χ2n) is 5.31. The lowest BCUT2D eigenvalue weighted by Gasteiger charge is -2.34. The highest BCUT2D eigenvalue weighted by Crippen LogP contribution is 2.29. The first-order valence-corrected chi connectivity index (χ1v) is 6.78. The van der Waals surface area contributed by atoms with Gasteiger partial charge >= 0.3 is 0 Å². The summed E-state index contributed by atoms with van der Waals surface area (Å²) in [4.78, 5) is 14.6. The lowest BCUT2D eigenvalue weighted by molar-refractivity contribution is -0.136. The molecule has 0 aromatic carbocycles. The second kappa shape index (κ2) is 5.17. The Hall–Kier alpha value is -0.570. The molecule has 1 N–H and O–H groups in total. The molecule has 2 unspecified atom stereocenters. The van der Waals surface area contributed by atoms with Crippen LogP contribution in [0.25, 0.3) is 0 Å². The summed E-state index contributed by atoms with van der Waals surface area (Å²) >= 11 is 0. The molecule has 1 aliphatic heterocycles. The summed E-state index contributed by atoms with van der Waals surface area (Å²) in [5.74, 6) is 0.857. The van der Waals surface area contributed by atoms with Gasteiger partial charge in [0.25, 0.3) is 0 Å². The van der Waals surface area contributed by atoms with E-state index in [1.807, 2.05) is 0 Å². The Bertz CT molecular complexity index is 244. The van der Waals surface area contributed by atoms with E-state index in [-0.39, 0.29) is 6.04 Å². The fraction of sp³-hybridized carbons (Fsp3) is 0.923. The van der Waals surface area contributed by atoms with Gasteiger partial charge in [0.1, 0.15) is 0 Å². The SMILES string of the molecule is CCCN(C(=O)C1NCCCC1C)C1CC1. The monoisotopic (exact) mass is 224 g/mol. The van der Waals surface area contributed by atoms with E-state index < -0.39 is 0 Å². The van der Waals surface area contributed by atoms with Crippen molar-refractivity contribution < 1.29 is 4.79 Å². The van der Waals surface area contributed by atoms with Crippen LogP contribution in [0.3, 0.4) is 0 Å². The van der Waals surface area contributed by atoms with E-state index in [2.05, 4.69) is 24.1 Å². The Labute approximate surface area is 98.6 Å². The second-order valence-corrected chi connectivity index (χ2v) is 5.31. The van der Waals surface area contributed by atoms with Gasteiger partial charge in [-0.05, 0) is 44.6 Å². The first-order valence-electron chi connectivity index (χ1n) is 6.78. The van der Waals surface area contributed by atoms with Gasteiger partial charge in [0.2, 0.25) is 5.91 Å². The molecule has 0 radical (unpaired) electrons. The lowest BCUT2D eigenvalue weighted by atomic mass is 9.91. The number of hydrogen-bond donors (Lipinski definition) is 1. The average molecular weight is 224 g/mol. The largest absolute Gasteiger partial charge is 0.338 e. The van der Waals surface area contributed by atoms with E-state index in [0.717, 1.165) is 19.5 Å². The standard InChI is InChI=1S/C13H24N2O/c1-3-9-15(11-6-7-11)13(16)12-10(2)5-4-8-14-12/h10-12,14H,3-9H2,1-2H3. The Morgan fingerprint density at radius 3 is 2.69 bits per heavy atom. The maximum Gasteiger partial charge on any atom is 0.240 e. The molecule has 1 amide bonds. The van der Waals surface area contributed by atoms with Crippen LogP contribution < -0.4 is 5.32 Å². The molecule has 2 fully saturated rings. The van der Waals surface area contributed by atoms with Gasteiger partial charge in [0.05, 0.1) is 6.04 Å². The molecule has 92 valence electrons. The lowest BCUT2D eigenvalue weighted by Crippen LogP contribution is -2.53. The molecule has 1 heterocycles. The number of rotatable bonds is 4. The van der Waals surface area contributed by atoms with Crippen molar-refractivity contribution in [3.8, 4) is 0 Å². The van der Waals surface area contributed by atoms with Gasteiger partial charge in [-0.1, -0.05) is 13.8 Å². The number of carbonyl (C=O) groups is 1. The first-order chi connectivity index (χ1) is 7.74. The van der Waals surface area contributed by atoms with E-state index in [9.17, 15) is 4.79 Å². The molecule has 0 aromatic rings. The van der Waals surface area contributed by atoms with Crippen molar-refractivity contribution in [2.24, 2.45) is 5.92 Å². The molecule has 3 heteroatoms. The zero-order valence-electron chi connectivity index (χ0n) is 10.5. The van der Waals surface area contributed by atoms with E-state index in [1.165, 1.54) is 25.7 Å². The van der Waals surface area contributed by atoms with Crippen molar-refractivity contribution >= 4 is 5.91 Å². The molecule has 1 saturated heterocycles. The Morgan fingerprint density at radius 1 is 1.38 bits per heavy atom. The minimum Gasteiger partial charge on any atom is -0.338 e. The molecule has 2 aliphatic rings. The van der Waals surface area contributed by atoms with E-state index in [1.54, 1.807) is 0 Å². The van der Waals surface area contributed by atoms with Gasteiger partial charge in [0, 0.05) is 12.6 Å². The van der Waals surface area contributed by atoms with E-state index >= 15 is 0 Å². The van der Waals surface area contributed by atoms with Crippen molar-refractivity contribution in [3.63, 3.8) is 0 Å². The van der Waals surface area contributed by atoms with Gasteiger partial charge in [-0.25, -0.2) is 0 Å². The first kappa shape index (κ1) is 11.9. The summed E-state index contributed by atoms with van der Waals surface area (Å²) in [6.45, 7) is 6.30. The molecular weight excluding hydrogens is 200 g/mol. The zero-order chi connectivity index (χ0) is 11.5. The van der Waals surface area contributed by atoms with Crippen LogP contribution in [0.1, 0.15) is 46.0 Å². The molecule has 1 saturated carbocycles. The minimum atomic E-state index is 0.0842. The number of nitrogens with zero attached hydrogens (tertiary/aromatic N) is 1. The summed E-state index contributed by atoms with van der Waals surface area (Å²) in [5, 5.41) is 3.40. The van der Waals surface area contributed by atoms with Crippen molar-refractivity contribution in [1.29, 1.82) is 0 Å². The highest BCUT2D eigenvalue weighted by Gasteiger charge is 2.37. The Balaban J connectivity index is 1.97. The molecule has 1 aliphatic carbocycles. The van der Waals surface area contributed by atoms with Crippen LogP contribution in [-0.4, -0.2) is 36.0 Å². The van der Waals surface area contributed by atoms with Crippen LogP contribution in [0.5, 0.6) is 0 Å². The van der Waals surface area contributed by atoms with Crippen molar-refractivity contribution in [3.05, 3.63) is 0 Å². The topological polar surface area (TPSA) is 32.3 Å². The zero-order valence-corrected chi connectivity index (χ0v) is 10.5. The predicted molar refractivity (Wildman–Crippen MR) is 65.2 cm³/mol. The number of nitrogens with one attached hydrogen (secondary N) is 1. The number of carbonyl (C=O) groups excluding carboxylic acids is 1. The number of piperidine rings is 1. The molecule has 16 heavy (non-hydrogen) atoms. The number of hydrogen-bond acceptors (Lipinski definition) is 2. The fourth-order valence-electron chi connectivity index (χ4n) is 2.66. The molecule has 2 rings (SSSR count). The Morgan fingerprint density at radius 2 is 2.12 bits per heavy atom. The molecule has 3 nitrogen and oxygen atoms in total. The molecule has 2 atom stereocenters. The van der Waals surface area contributed by atoms with Gasteiger partial charge in [-0.2, -0.15) is 0 Å². The van der Waals surface area contributed by atoms with E-state index in [0.29, 0.717) is 17.9 Å². The number of amides is 1. The third kappa shape index (κ3) is 2.57. The molecule has 0 bridgehead atoms. The normalized spacial score (nSPS) is 30.1. The average Bonchev–Trinajstić information content (AvgIpc) is 3.09. The van der Waals surface area contributed by atoms with Gasteiger partial charge in [-0.15, -0.1) is 0 Å². The summed E-state index contributed by atoms with van der Waals surface area (Å²) in [5.41, 5.74) is 0. The third-order valence-corrected chi connectivity index (χ3v) is 3.77.